The Balaban J connectivity index is 1.82. The number of carbonyl (C=O) groups excluding carboxylic acids is 1. The summed E-state index contributed by atoms with van der Waals surface area (Å²) < 4.78 is 27.6. The van der Waals surface area contributed by atoms with E-state index in [-0.39, 0.29) is 23.0 Å². The van der Waals surface area contributed by atoms with Crippen molar-refractivity contribution in [2.24, 2.45) is 0 Å². The van der Waals surface area contributed by atoms with Gasteiger partial charge in [-0.05, 0) is 43.9 Å². The van der Waals surface area contributed by atoms with Crippen LogP contribution in [0.3, 0.4) is 0 Å². The molecule has 1 saturated heterocycles. The lowest BCUT2D eigenvalue weighted by atomic mass is 10.2. The van der Waals surface area contributed by atoms with E-state index in [1.807, 2.05) is 18.2 Å². The van der Waals surface area contributed by atoms with Crippen molar-refractivity contribution in [2.75, 3.05) is 13.1 Å². The first-order valence-electron chi connectivity index (χ1n) is 9.03. The van der Waals surface area contributed by atoms with Gasteiger partial charge in [0.1, 0.15) is 10.6 Å². The van der Waals surface area contributed by atoms with Crippen LogP contribution in [0, 0.1) is 13.8 Å². The molecule has 1 aromatic carbocycles. The molecule has 0 atom stereocenters. The van der Waals surface area contributed by atoms with Gasteiger partial charge >= 0.3 is 0 Å². The highest BCUT2D eigenvalue weighted by Gasteiger charge is 2.32. The first kappa shape index (κ1) is 19.9. The molecule has 2 N–H and O–H groups in total. The summed E-state index contributed by atoms with van der Waals surface area (Å²) in [5.74, 6) is -0.351. The molecule has 2 aromatic rings. The van der Waals surface area contributed by atoms with Crippen molar-refractivity contribution in [3.8, 4) is 0 Å². The van der Waals surface area contributed by atoms with Crippen LogP contribution in [0.25, 0.3) is 0 Å². The molecular weight excluding hydrogens is 386 g/mol. The smallest absolute Gasteiger partial charge is 0.268 e. The van der Waals surface area contributed by atoms with Gasteiger partial charge in [0.25, 0.3) is 5.91 Å². The van der Waals surface area contributed by atoms with Crippen LogP contribution in [-0.4, -0.2) is 36.7 Å². The summed E-state index contributed by atoms with van der Waals surface area (Å²) >= 11 is 6.12. The Labute approximate surface area is 165 Å². The maximum Gasteiger partial charge on any atom is 0.268 e. The molecule has 0 spiro atoms. The molecule has 3 rings (SSSR count). The number of aromatic nitrogens is 1. The maximum absolute atomic E-state index is 13.0. The average Bonchev–Trinajstić information content (AvgIpc) is 2.96. The maximum atomic E-state index is 13.0. The fraction of sp³-hybridized carbons (Fsp3) is 0.421. The largest absolute Gasteiger partial charge is 0.353 e. The molecule has 0 aliphatic carbocycles. The Hall–Kier alpha value is -1.83. The van der Waals surface area contributed by atoms with E-state index < -0.39 is 10.0 Å². The number of amides is 1. The molecule has 2 heterocycles. The van der Waals surface area contributed by atoms with Gasteiger partial charge in [-0.2, -0.15) is 4.31 Å². The Bertz CT molecular complexity index is 947. The summed E-state index contributed by atoms with van der Waals surface area (Å²) in [5, 5.41) is 3.38. The molecule has 1 aromatic heterocycles. The molecule has 1 aliphatic heterocycles. The molecule has 6 nitrogen and oxygen atoms in total. The van der Waals surface area contributed by atoms with Crippen LogP contribution in [0.2, 0.25) is 5.02 Å². The molecule has 8 heteroatoms. The monoisotopic (exact) mass is 409 g/mol. The predicted octanol–water partition coefficient (Wildman–Crippen LogP) is 3.39. The van der Waals surface area contributed by atoms with E-state index in [9.17, 15) is 13.2 Å². The number of nitrogens with one attached hydrogen (secondary N) is 2. The minimum absolute atomic E-state index is 0.215. The summed E-state index contributed by atoms with van der Waals surface area (Å²) in [6.07, 6.45) is 2.78. The Morgan fingerprint density at radius 1 is 1.19 bits per heavy atom. The number of piperidine rings is 1. The van der Waals surface area contributed by atoms with Crippen LogP contribution < -0.4 is 5.32 Å². The number of rotatable bonds is 5. The third kappa shape index (κ3) is 4.05. The van der Waals surface area contributed by atoms with Crippen LogP contribution in [0.4, 0.5) is 0 Å². The summed E-state index contributed by atoms with van der Waals surface area (Å²) in [7, 11) is -3.61. The minimum Gasteiger partial charge on any atom is -0.353 e. The first-order chi connectivity index (χ1) is 12.8. The number of H-pyrrole nitrogens is 1. The highest BCUT2D eigenvalue weighted by Crippen LogP contribution is 2.28. The third-order valence-electron chi connectivity index (χ3n) is 4.91. The zero-order chi connectivity index (χ0) is 19.6. The second-order valence-corrected chi connectivity index (χ2v) is 9.10. The van der Waals surface area contributed by atoms with E-state index in [1.54, 1.807) is 19.9 Å². The Morgan fingerprint density at radius 2 is 1.85 bits per heavy atom. The van der Waals surface area contributed by atoms with E-state index in [2.05, 4.69) is 10.3 Å². The molecule has 1 fully saturated rings. The standard InChI is InChI=1S/C19H24ClN3O3S/c1-13-17(19(24)21-12-15-8-4-5-9-16(15)20)22-14(2)18(13)27(25,26)23-10-6-3-7-11-23/h4-5,8-9,22H,3,6-7,10-12H2,1-2H3,(H,21,24). The molecule has 0 bridgehead atoms. The fourth-order valence-corrected chi connectivity index (χ4v) is 5.61. The number of halogens is 1. The van der Waals surface area contributed by atoms with Crippen LogP contribution in [0.15, 0.2) is 29.2 Å². The summed E-state index contributed by atoms with van der Waals surface area (Å²) in [5.41, 5.74) is 2.01. The predicted molar refractivity (Wildman–Crippen MR) is 105 cm³/mol. The lowest BCUT2D eigenvalue weighted by Gasteiger charge is -2.26. The topological polar surface area (TPSA) is 82.3 Å². The number of aromatic amines is 1. The van der Waals surface area contributed by atoms with Crippen LogP contribution in [-0.2, 0) is 16.6 Å². The van der Waals surface area contributed by atoms with Crippen LogP contribution in [0.5, 0.6) is 0 Å². The zero-order valence-electron chi connectivity index (χ0n) is 15.5. The third-order valence-corrected chi connectivity index (χ3v) is 7.45. The number of hydrogen-bond donors (Lipinski definition) is 2. The lowest BCUT2D eigenvalue weighted by molar-refractivity contribution is 0.0945. The second-order valence-electron chi connectivity index (χ2n) is 6.82. The molecular formula is C19H24ClN3O3S. The minimum atomic E-state index is -3.61. The van der Waals surface area contributed by atoms with Gasteiger partial charge in [-0.1, -0.05) is 36.2 Å². The molecule has 1 amide bonds. The molecule has 146 valence electrons. The van der Waals surface area contributed by atoms with Gasteiger partial charge < -0.3 is 10.3 Å². The van der Waals surface area contributed by atoms with Gasteiger partial charge in [-0.15, -0.1) is 0 Å². The van der Waals surface area contributed by atoms with Gasteiger partial charge in [0, 0.05) is 30.4 Å². The number of hydrogen-bond acceptors (Lipinski definition) is 3. The Kier molecular flexibility index (Phi) is 5.93. The number of sulfonamides is 1. The lowest BCUT2D eigenvalue weighted by Crippen LogP contribution is -2.36. The SMILES string of the molecule is Cc1[nH]c(C(=O)NCc2ccccc2Cl)c(C)c1S(=O)(=O)N1CCCCC1. The van der Waals surface area contributed by atoms with Crippen LogP contribution in [0.1, 0.15) is 46.6 Å². The Morgan fingerprint density at radius 3 is 2.52 bits per heavy atom. The van der Waals surface area contributed by atoms with Crippen molar-refractivity contribution in [1.29, 1.82) is 0 Å². The van der Waals surface area contributed by atoms with Crippen molar-refractivity contribution in [1.82, 2.24) is 14.6 Å². The summed E-state index contributed by atoms with van der Waals surface area (Å²) in [6, 6.07) is 7.27. The zero-order valence-corrected chi connectivity index (χ0v) is 17.1. The van der Waals surface area contributed by atoms with Crippen molar-refractivity contribution >= 4 is 27.5 Å². The van der Waals surface area contributed by atoms with E-state index in [0.29, 0.717) is 29.4 Å². The normalized spacial score (nSPS) is 15.7. The number of nitrogens with zero attached hydrogens (tertiary/aromatic N) is 1. The van der Waals surface area contributed by atoms with Gasteiger partial charge in [-0.25, -0.2) is 8.42 Å². The van der Waals surface area contributed by atoms with Gasteiger partial charge in [-0.3, -0.25) is 4.79 Å². The summed E-state index contributed by atoms with van der Waals surface area (Å²) in [6.45, 7) is 4.69. The van der Waals surface area contributed by atoms with E-state index in [0.717, 1.165) is 24.8 Å². The van der Waals surface area contributed by atoms with E-state index in [1.165, 1.54) is 4.31 Å². The van der Waals surface area contributed by atoms with Gasteiger partial charge in [0.2, 0.25) is 10.0 Å². The van der Waals surface area contributed by atoms with Crippen molar-refractivity contribution < 1.29 is 13.2 Å². The van der Waals surface area contributed by atoms with E-state index >= 15 is 0 Å². The molecule has 0 unspecified atom stereocenters. The first-order valence-corrected chi connectivity index (χ1v) is 10.8. The number of carbonyl (C=O) groups is 1. The molecule has 1 aliphatic rings. The van der Waals surface area contributed by atoms with Crippen molar-refractivity contribution in [3.05, 3.63) is 51.8 Å². The molecule has 0 saturated carbocycles. The highest BCUT2D eigenvalue weighted by atomic mass is 35.5. The van der Waals surface area contributed by atoms with Gasteiger partial charge in [0.15, 0.2) is 0 Å². The second kappa shape index (κ2) is 8.04. The fourth-order valence-electron chi connectivity index (χ4n) is 3.49. The van der Waals surface area contributed by atoms with Gasteiger partial charge in [0.05, 0.1) is 0 Å². The quantitative estimate of drug-likeness (QED) is 0.794. The average molecular weight is 410 g/mol. The van der Waals surface area contributed by atoms with Crippen LogP contribution >= 0.6 is 11.6 Å². The number of benzene rings is 1. The van der Waals surface area contributed by atoms with Crippen molar-refractivity contribution in [3.63, 3.8) is 0 Å². The highest BCUT2D eigenvalue weighted by molar-refractivity contribution is 7.89. The molecule has 0 radical (unpaired) electrons. The summed E-state index contributed by atoms with van der Waals surface area (Å²) in [4.78, 5) is 15.8. The van der Waals surface area contributed by atoms with Crippen molar-refractivity contribution in [2.45, 2.75) is 44.6 Å². The van der Waals surface area contributed by atoms with E-state index in [4.69, 9.17) is 11.6 Å². The number of aryl methyl sites for hydroxylation is 1. The molecule has 27 heavy (non-hydrogen) atoms.